The predicted molar refractivity (Wildman–Crippen MR) is 83.3 cm³/mol. The molecule has 2 unspecified atom stereocenters. The average Bonchev–Trinajstić information content (AvgIpc) is 2.50. The van der Waals surface area contributed by atoms with Crippen LogP contribution >= 0.6 is 0 Å². The van der Waals surface area contributed by atoms with Gasteiger partial charge in [-0.05, 0) is 25.5 Å². The standard InChI is InChI=1S/C16H23N3O3/c1-3-4-5-7-11(2)22-19-10-12(16(17)21)15(20)14-13(19)8-6-9-18-14/h6,8-9,11-12H,3-5,7,10H2,1-2H3,(H2,17,21). The molecule has 0 bridgehead atoms. The predicted octanol–water partition coefficient (Wildman–Crippen LogP) is 2.09. The van der Waals surface area contributed by atoms with Gasteiger partial charge in [0.15, 0.2) is 5.78 Å². The number of hydrogen-bond acceptors (Lipinski definition) is 5. The first-order valence-corrected chi connectivity index (χ1v) is 7.77. The number of carbonyl (C=O) groups is 2. The lowest BCUT2D eigenvalue weighted by Crippen LogP contribution is -2.46. The number of amides is 1. The number of ketones is 1. The third-order valence-electron chi connectivity index (χ3n) is 3.82. The maximum absolute atomic E-state index is 12.3. The van der Waals surface area contributed by atoms with Crippen LogP contribution in [0, 0.1) is 5.92 Å². The fraction of sp³-hybridized carbons (Fsp3) is 0.562. The molecule has 22 heavy (non-hydrogen) atoms. The molecule has 2 rings (SSSR count). The molecule has 1 aliphatic rings. The summed E-state index contributed by atoms with van der Waals surface area (Å²) in [5.74, 6) is -1.89. The molecule has 0 saturated heterocycles. The Hall–Kier alpha value is -1.95. The van der Waals surface area contributed by atoms with Crippen LogP contribution in [-0.2, 0) is 9.63 Å². The normalized spacial score (nSPS) is 18.9. The van der Waals surface area contributed by atoms with Gasteiger partial charge >= 0.3 is 0 Å². The van der Waals surface area contributed by atoms with Crippen molar-refractivity contribution in [3.8, 4) is 0 Å². The van der Waals surface area contributed by atoms with Gasteiger partial charge in [-0.1, -0.05) is 26.2 Å². The number of nitrogens with zero attached hydrogens (tertiary/aromatic N) is 2. The SMILES string of the molecule is CCCCCC(C)ON1CC(C(N)=O)C(=O)c2ncccc21. The smallest absolute Gasteiger partial charge is 0.230 e. The molecule has 2 N–H and O–H groups in total. The van der Waals surface area contributed by atoms with Gasteiger partial charge in [0.2, 0.25) is 5.91 Å². The van der Waals surface area contributed by atoms with Crippen molar-refractivity contribution in [2.45, 2.75) is 45.6 Å². The van der Waals surface area contributed by atoms with Crippen molar-refractivity contribution in [3.05, 3.63) is 24.0 Å². The summed E-state index contributed by atoms with van der Waals surface area (Å²) in [4.78, 5) is 33.8. The zero-order chi connectivity index (χ0) is 16.1. The number of hydrogen-bond donors (Lipinski definition) is 1. The van der Waals surface area contributed by atoms with Crippen LogP contribution in [0.25, 0.3) is 0 Å². The molecule has 0 aliphatic carbocycles. The van der Waals surface area contributed by atoms with Crippen LogP contribution in [0.2, 0.25) is 0 Å². The second kappa shape index (κ2) is 7.35. The van der Waals surface area contributed by atoms with Crippen LogP contribution < -0.4 is 10.8 Å². The van der Waals surface area contributed by atoms with Gasteiger partial charge in [0.1, 0.15) is 11.6 Å². The highest BCUT2D eigenvalue weighted by atomic mass is 16.7. The summed E-state index contributed by atoms with van der Waals surface area (Å²) in [6, 6.07) is 3.52. The number of aromatic nitrogens is 1. The quantitative estimate of drug-likeness (QED) is 0.616. The Bertz CT molecular complexity index is 547. The molecule has 0 saturated carbocycles. The fourth-order valence-electron chi connectivity index (χ4n) is 2.57. The number of nitrogens with two attached hydrogens (primary N) is 1. The number of anilines is 1. The molecule has 0 fully saturated rings. The van der Waals surface area contributed by atoms with Gasteiger partial charge < -0.3 is 5.73 Å². The number of carbonyl (C=O) groups excluding carboxylic acids is 2. The lowest BCUT2D eigenvalue weighted by atomic mass is 9.95. The molecule has 2 atom stereocenters. The van der Waals surface area contributed by atoms with E-state index in [1.165, 1.54) is 6.20 Å². The summed E-state index contributed by atoms with van der Waals surface area (Å²) in [6.07, 6.45) is 5.86. The zero-order valence-electron chi connectivity index (χ0n) is 13.1. The first-order chi connectivity index (χ1) is 10.5. The molecule has 1 amide bonds. The van der Waals surface area contributed by atoms with Gasteiger partial charge in [0.25, 0.3) is 0 Å². The third-order valence-corrected chi connectivity index (χ3v) is 3.82. The van der Waals surface area contributed by atoms with E-state index < -0.39 is 11.8 Å². The minimum Gasteiger partial charge on any atom is -0.369 e. The number of pyridine rings is 1. The van der Waals surface area contributed by atoms with Gasteiger partial charge in [-0.15, -0.1) is 0 Å². The molecule has 6 heteroatoms. The molecule has 6 nitrogen and oxygen atoms in total. The van der Waals surface area contributed by atoms with Crippen molar-refractivity contribution in [1.29, 1.82) is 0 Å². The molecule has 1 aromatic heterocycles. The minimum atomic E-state index is -0.912. The van der Waals surface area contributed by atoms with Gasteiger partial charge in [0, 0.05) is 6.20 Å². The van der Waals surface area contributed by atoms with Gasteiger partial charge in [-0.25, -0.2) is 0 Å². The monoisotopic (exact) mass is 305 g/mol. The highest BCUT2D eigenvalue weighted by Crippen LogP contribution is 2.29. The van der Waals surface area contributed by atoms with E-state index in [9.17, 15) is 9.59 Å². The second-order valence-electron chi connectivity index (χ2n) is 5.66. The van der Waals surface area contributed by atoms with E-state index in [1.54, 1.807) is 17.2 Å². The molecule has 120 valence electrons. The van der Waals surface area contributed by atoms with Crippen molar-refractivity contribution in [3.63, 3.8) is 0 Å². The number of Topliss-reactive ketones (excluding diaryl/α,β-unsaturated/α-hetero) is 1. The Labute approximate surface area is 130 Å². The van der Waals surface area contributed by atoms with E-state index in [1.807, 2.05) is 6.92 Å². The van der Waals surface area contributed by atoms with E-state index in [4.69, 9.17) is 10.6 Å². The molecule has 1 aromatic rings. The van der Waals surface area contributed by atoms with E-state index >= 15 is 0 Å². The Morgan fingerprint density at radius 2 is 2.32 bits per heavy atom. The molecule has 0 aromatic carbocycles. The van der Waals surface area contributed by atoms with Crippen molar-refractivity contribution in [1.82, 2.24) is 4.98 Å². The lowest BCUT2D eigenvalue weighted by molar-refractivity contribution is -0.120. The van der Waals surface area contributed by atoms with Crippen molar-refractivity contribution in [2.24, 2.45) is 11.7 Å². The molecule has 0 spiro atoms. The van der Waals surface area contributed by atoms with E-state index in [2.05, 4.69) is 11.9 Å². The Morgan fingerprint density at radius 1 is 1.55 bits per heavy atom. The number of unbranched alkanes of at least 4 members (excludes halogenated alkanes) is 2. The van der Waals surface area contributed by atoms with E-state index in [0.717, 1.165) is 25.7 Å². The molecular formula is C16H23N3O3. The lowest BCUT2D eigenvalue weighted by Gasteiger charge is -2.34. The van der Waals surface area contributed by atoms with Crippen LogP contribution in [0.4, 0.5) is 5.69 Å². The van der Waals surface area contributed by atoms with Crippen LogP contribution in [0.5, 0.6) is 0 Å². The van der Waals surface area contributed by atoms with Crippen LogP contribution in [0.1, 0.15) is 50.0 Å². The number of fused-ring (bicyclic) bond motifs is 1. The van der Waals surface area contributed by atoms with E-state index in [0.29, 0.717) is 5.69 Å². The average molecular weight is 305 g/mol. The summed E-state index contributed by atoms with van der Waals surface area (Å²) in [5.41, 5.74) is 6.19. The molecule has 1 aliphatic heterocycles. The topological polar surface area (TPSA) is 85.5 Å². The fourth-order valence-corrected chi connectivity index (χ4v) is 2.57. The van der Waals surface area contributed by atoms with Crippen LogP contribution in [0.3, 0.4) is 0 Å². The van der Waals surface area contributed by atoms with Crippen LogP contribution in [-0.4, -0.2) is 29.3 Å². The molecular weight excluding hydrogens is 282 g/mol. The Balaban J connectivity index is 2.14. The van der Waals surface area contributed by atoms with Gasteiger partial charge in [-0.3, -0.25) is 24.5 Å². The molecule has 0 radical (unpaired) electrons. The number of hydroxylamine groups is 1. The summed E-state index contributed by atoms with van der Waals surface area (Å²) < 4.78 is 0. The van der Waals surface area contributed by atoms with Gasteiger partial charge in [-0.2, -0.15) is 0 Å². The first-order valence-electron chi connectivity index (χ1n) is 7.77. The minimum absolute atomic E-state index is 0.00124. The number of rotatable bonds is 7. The second-order valence-corrected chi connectivity index (χ2v) is 5.66. The maximum Gasteiger partial charge on any atom is 0.230 e. The van der Waals surface area contributed by atoms with Crippen molar-refractivity contribution in [2.75, 3.05) is 11.6 Å². The largest absolute Gasteiger partial charge is 0.369 e. The zero-order valence-corrected chi connectivity index (χ0v) is 13.1. The Kier molecular flexibility index (Phi) is 5.49. The Morgan fingerprint density at radius 3 is 3.00 bits per heavy atom. The van der Waals surface area contributed by atoms with Crippen LogP contribution in [0.15, 0.2) is 18.3 Å². The highest BCUT2D eigenvalue weighted by molar-refractivity contribution is 6.13. The third kappa shape index (κ3) is 3.62. The summed E-state index contributed by atoms with van der Waals surface area (Å²) >= 11 is 0. The number of primary amides is 1. The molecule has 2 heterocycles. The van der Waals surface area contributed by atoms with Gasteiger partial charge in [0.05, 0.1) is 18.3 Å². The van der Waals surface area contributed by atoms with Crippen molar-refractivity contribution >= 4 is 17.4 Å². The maximum atomic E-state index is 12.3. The summed E-state index contributed by atoms with van der Waals surface area (Å²) in [7, 11) is 0. The highest BCUT2D eigenvalue weighted by Gasteiger charge is 2.37. The summed E-state index contributed by atoms with van der Waals surface area (Å²) in [5, 5.41) is 1.59. The first kappa shape index (κ1) is 16.4. The summed E-state index contributed by atoms with van der Waals surface area (Å²) in [6.45, 7) is 4.29. The van der Waals surface area contributed by atoms with Crippen molar-refractivity contribution < 1.29 is 14.4 Å². The van der Waals surface area contributed by atoms with E-state index in [-0.39, 0.29) is 24.1 Å².